The molecule has 2 rings (SSSR count). The minimum atomic E-state index is -0.348. The van der Waals surface area contributed by atoms with Crippen LogP contribution in [0.3, 0.4) is 0 Å². The molecule has 25 heavy (non-hydrogen) atoms. The summed E-state index contributed by atoms with van der Waals surface area (Å²) in [6.07, 6.45) is 6.46. The predicted molar refractivity (Wildman–Crippen MR) is 96.5 cm³/mol. The Morgan fingerprint density at radius 1 is 1.04 bits per heavy atom. The Kier molecular flexibility index (Phi) is 7.56. The maximum absolute atomic E-state index is 12.7. The van der Waals surface area contributed by atoms with E-state index < -0.39 is 0 Å². The molecule has 0 saturated carbocycles. The number of fused-ring (bicyclic) bond motifs is 1. The van der Waals surface area contributed by atoms with Gasteiger partial charge in [-0.3, -0.25) is 0 Å². The smallest absolute Gasteiger partial charge is 0.342 e. The van der Waals surface area contributed by atoms with E-state index in [0.29, 0.717) is 17.1 Å². The van der Waals surface area contributed by atoms with Gasteiger partial charge in [0.25, 0.3) is 0 Å². The van der Waals surface area contributed by atoms with Crippen molar-refractivity contribution < 1.29 is 24.1 Å². The maximum Gasteiger partial charge on any atom is 0.342 e. The van der Waals surface area contributed by atoms with E-state index in [1.165, 1.54) is 0 Å². The first kappa shape index (κ1) is 19.6. The topological polar surface area (TPSA) is 65.0 Å². The SMILES string of the molecule is COc1cc2c(c(OC)c1)C(=O)O[C@@H](C)CCC[C@@H](O)CCCCC2. The molecule has 0 radical (unpaired) electrons. The van der Waals surface area contributed by atoms with Crippen LogP contribution in [0.15, 0.2) is 12.1 Å². The molecule has 2 atom stereocenters. The predicted octanol–water partition coefficient (Wildman–Crippen LogP) is 3.90. The van der Waals surface area contributed by atoms with E-state index >= 15 is 0 Å². The molecule has 0 spiro atoms. The highest BCUT2D eigenvalue weighted by molar-refractivity contribution is 5.94. The lowest BCUT2D eigenvalue weighted by Gasteiger charge is -2.19. The van der Waals surface area contributed by atoms with Gasteiger partial charge in [-0.05, 0) is 57.1 Å². The number of aryl methyl sites for hydroxylation is 1. The molecular weight excluding hydrogens is 320 g/mol. The van der Waals surface area contributed by atoms with Gasteiger partial charge in [-0.15, -0.1) is 0 Å². The molecule has 0 saturated heterocycles. The quantitative estimate of drug-likeness (QED) is 0.820. The summed E-state index contributed by atoms with van der Waals surface area (Å²) in [5, 5.41) is 10.0. The summed E-state index contributed by atoms with van der Waals surface area (Å²) in [5.74, 6) is 0.821. The van der Waals surface area contributed by atoms with E-state index in [4.69, 9.17) is 14.2 Å². The van der Waals surface area contributed by atoms with Gasteiger partial charge in [-0.25, -0.2) is 4.79 Å². The highest BCUT2D eigenvalue weighted by atomic mass is 16.5. The molecule has 1 heterocycles. The number of aliphatic hydroxyl groups excluding tert-OH is 1. The van der Waals surface area contributed by atoms with E-state index in [-0.39, 0.29) is 18.2 Å². The normalized spacial score (nSPS) is 23.1. The number of esters is 1. The van der Waals surface area contributed by atoms with Crippen molar-refractivity contribution in [3.05, 3.63) is 23.3 Å². The van der Waals surface area contributed by atoms with Gasteiger partial charge in [0.1, 0.15) is 17.1 Å². The standard InChI is InChI=1S/C20H30O5/c1-14-8-7-11-16(21)10-6-4-5-9-15-12-17(23-2)13-18(24-3)19(15)20(22)25-14/h12-14,16,21H,4-11H2,1-3H3/t14-,16-/m0/s1. The molecule has 1 aromatic rings. The number of ether oxygens (including phenoxy) is 3. The molecule has 0 fully saturated rings. The number of aliphatic hydroxyl groups is 1. The van der Waals surface area contributed by atoms with Gasteiger partial charge < -0.3 is 19.3 Å². The van der Waals surface area contributed by atoms with E-state index in [1.54, 1.807) is 20.3 Å². The number of carbonyl (C=O) groups excluding carboxylic acids is 1. The Labute approximate surface area is 150 Å². The lowest BCUT2D eigenvalue weighted by Crippen LogP contribution is -2.18. The fourth-order valence-electron chi connectivity index (χ4n) is 3.31. The third kappa shape index (κ3) is 5.63. The first-order valence-corrected chi connectivity index (χ1v) is 9.19. The highest BCUT2D eigenvalue weighted by Gasteiger charge is 2.22. The lowest BCUT2D eigenvalue weighted by molar-refractivity contribution is 0.0305. The molecule has 1 aliphatic heterocycles. The van der Waals surface area contributed by atoms with Crippen molar-refractivity contribution in [1.82, 2.24) is 0 Å². The van der Waals surface area contributed by atoms with Crippen molar-refractivity contribution in [2.24, 2.45) is 0 Å². The second-order valence-corrected chi connectivity index (χ2v) is 6.76. The van der Waals surface area contributed by atoms with E-state index in [9.17, 15) is 9.90 Å². The first-order valence-electron chi connectivity index (χ1n) is 9.19. The minimum Gasteiger partial charge on any atom is -0.497 e. The largest absolute Gasteiger partial charge is 0.497 e. The van der Waals surface area contributed by atoms with Crippen molar-refractivity contribution in [2.45, 2.75) is 70.5 Å². The van der Waals surface area contributed by atoms with Gasteiger partial charge in [0, 0.05) is 6.07 Å². The van der Waals surface area contributed by atoms with Crippen LogP contribution in [0.5, 0.6) is 11.5 Å². The molecule has 5 nitrogen and oxygen atoms in total. The zero-order chi connectivity index (χ0) is 18.2. The monoisotopic (exact) mass is 350 g/mol. The zero-order valence-corrected chi connectivity index (χ0v) is 15.5. The van der Waals surface area contributed by atoms with Crippen molar-refractivity contribution in [2.75, 3.05) is 14.2 Å². The molecular formula is C20H30O5. The molecule has 0 aromatic heterocycles. The van der Waals surface area contributed by atoms with Crippen LogP contribution in [0.1, 0.15) is 67.8 Å². The van der Waals surface area contributed by atoms with Gasteiger partial charge in [0.2, 0.25) is 0 Å². The Balaban J connectivity index is 2.29. The molecule has 0 amide bonds. The number of carbonyl (C=O) groups is 1. The Hall–Kier alpha value is -1.75. The summed E-state index contributed by atoms with van der Waals surface area (Å²) >= 11 is 0. The van der Waals surface area contributed by atoms with Gasteiger partial charge in [0.15, 0.2) is 0 Å². The Morgan fingerprint density at radius 3 is 2.52 bits per heavy atom. The van der Waals surface area contributed by atoms with Crippen molar-refractivity contribution >= 4 is 5.97 Å². The molecule has 1 aliphatic rings. The maximum atomic E-state index is 12.7. The molecule has 140 valence electrons. The molecule has 0 bridgehead atoms. The number of methoxy groups -OCH3 is 2. The van der Waals surface area contributed by atoms with E-state index in [2.05, 4.69) is 0 Å². The molecule has 0 aliphatic carbocycles. The number of rotatable bonds is 2. The summed E-state index contributed by atoms with van der Waals surface area (Å²) in [6, 6.07) is 3.62. The van der Waals surface area contributed by atoms with Crippen LogP contribution < -0.4 is 9.47 Å². The number of benzene rings is 1. The van der Waals surface area contributed by atoms with Crippen LogP contribution in [-0.2, 0) is 11.2 Å². The summed E-state index contributed by atoms with van der Waals surface area (Å²) in [7, 11) is 3.16. The zero-order valence-electron chi connectivity index (χ0n) is 15.5. The van der Waals surface area contributed by atoms with Crippen molar-refractivity contribution in [1.29, 1.82) is 0 Å². The fraction of sp³-hybridized carbons (Fsp3) is 0.650. The first-order chi connectivity index (χ1) is 12.0. The van der Waals surface area contributed by atoms with Gasteiger partial charge in [-0.1, -0.05) is 12.8 Å². The fourth-order valence-corrected chi connectivity index (χ4v) is 3.31. The molecule has 5 heteroatoms. The van der Waals surface area contributed by atoms with Crippen LogP contribution in [-0.4, -0.2) is 37.5 Å². The van der Waals surface area contributed by atoms with Gasteiger partial charge in [-0.2, -0.15) is 0 Å². The van der Waals surface area contributed by atoms with Crippen LogP contribution in [0.4, 0.5) is 0 Å². The Morgan fingerprint density at radius 2 is 1.80 bits per heavy atom. The van der Waals surface area contributed by atoms with E-state index in [1.807, 2.05) is 13.0 Å². The molecule has 1 N–H and O–H groups in total. The lowest BCUT2D eigenvalue weighted by atomic mass is 9.97. The van der Waals surface area contributed by atoms with E-state index in [0.717, 1.165) is 56.9 Å². The third-order valence-corrected chi connectivity index (χ3v) is 4.76. The van der Waals surface area contributed by atoms with Crippen molar-refractivity contribution in [3.63, 3.8) is 0 Å². The molecule has 1 aromatic carbocycles. The van der Waals surface area contributed by atoms with Gasteiger partial charge in [0.05, 0.1) is 26.4 Å². The second kappa shape index (κ2) is 9.66. The minimum absolute atomic E-state index is 0.192. The van der Waals surface area contributed by atoms with Crippen LogP contribution >= 0.6 is 0 Å². The Bertz CT molecular complexity index is 569. The summed E-state index contributed by atoms with van der Waals surface area (Å²) in [6.45, 7) is 1.89. The summed E-state index contributed by atoms with van der Waals surface area (Å²) in [4.78, 5) is 12.7. The van der Waals surface area contributed by atoms with Crippen LogP contribution in [0.2, 0.25) is 0 Å². The second-order valence-electron chi connectivity index (χ2n) is 6.76. The molecule has 0 unspecified atom stereocenters. The number of hydrogen-bond acceptors (Lipinski definition) is 5. The van der Waals surface area contributed by atoms with Crippen LogP contribution in [0.25, 0.3) is 0 Å². The van der Waals surface area contributed by atoms with Crippen LogP contribution in [0, 0.1) is 0 Å². The number of hydrogen-bond donors (Lipinski definition) is 1. The highest BCUT2D eigenvalue weighted by Crippen LogP contribution is 2.31. The summed E-state index contributed by atoms with van der Waals surface area (Å²) in [5.41, 5.74) is 1.40. The number of cyclic esters (lactones) is 1. The van der Waals surface area contributed by atoms with Crippen molar-refractivity contribution in [3.8, 4) is 11.5 Å². The summed E-state index contributed by atoms with van der Waals surface area (Å²) < 4.78 is 16.4. The average Bonchev–Trinajstić information content (AvgIpc) is 2.59. The third-order valence-electron chi connectivity index (χ3n) is 4.76. The van der Waals surface area contributed by atoms with Gasteiger partial charge >= 0.3 is 5.97 Å². The average molecular weight is 350 g/mol.